The lowest BCUT2D eigenvalue weighted by molar-refractivity contribution is -0.0343. The maximum atomic E-state index is 6.00. The van der Waals surface area contributed by atoms with Crippen LogP contribution in [-0.4, -0.2) is 39.4 Å². The zero-order valence-electron chi connectivity index (χ0n) is 14.1. The Bertz CT molecular complexity index is 994. The van der Waals surface area contributed by atoms with E-state index in [1.165, 1.54) is 10.4 Å². The van der Waals surface area contributed by atoms with Gasteiger partial charge < -0.3 is 9.15 Å². The minimum atomic E-state index is -0.0688. The van der Waals surface area contributed by atoms with Crippen LogP contribution in [-0.2, 0) is 11.3 Å². The summed E-state index contributed by atoms with van der Waals surface area (Å²) in [4.78, 5) is 3.59. The summed E-state index contributed by atoms with van der Waals surface area (Å²) in [6, 6.07) is 10.4. The van der Waals surface area contributed by atoms with Crippen LogP contribution in [0.1, 0.15) is 17.4 Å². The normalized spacial score (nSPS) is 18.5. The van der Waals surface area contributed by atoms with E-state index >= 15 is 0 Å². The number of furan rings is 1. The Morgan fingerprint density at radius 3 is 3.08 bits per heavy atom. The number of fused-ring (bicyclic) bond motifs is 1. The number of thiophene rings is 1. The second kappa shape index (κ2) is 6.68. The van der Waals surface area contributed by atoms with Crippen LogP contribution in [0, 0.1) is 0 Å². The molecule has 4 aromatic heterocycles. The summed E-state index contributed by atoms with van der Waals surface area (Å²) in [7, 11) is 0. The molecule has 1 atom stereocenters. The van der Waals surface area contributed by atoms with Gasteiger partial charge in [0.25, 0.3) is 0 Å². The highest BCUT2D eigenvalue weighted by Crippen LogP contribution is 2.28. The molecule has 1 aliphatic heterocycles. The maximum Gasteiger partial charge on any atom is 0.121 e. The van der Waals surface area contributed by atoms with Crippen molar-refractivity contribution in [1.82, 2.24) is 19.7 Å². The topological polar surface area (TPSA) is 55.8 Å². The van der Waals surface area contributed by atoms with Crippen molar-refractivity contribution in [3.05, 3.63) is 65.7 Å². The fraction of sp³-hybridized carbons (Fsp3) is 0.263. The van der Waals surface area contributed by atoms with Crippen molar-refractivity contribution in [2.45, 2.75) is 12.6 Å². The Hall–Kier alpha value is -2.48. The molecule has 26 heavy (non-hydrogen) atoms. The van der Waals surface area contributed by atoms with Crippen LogP contribution in [0.2, 0.25) is 0 Å². The molecule has 0 radical (unpaired) electrons. The summed E-state index contributed by atoms with van der Waals surface area (Å²) in [6.45, 7) is 3.25. The molecule has 0 saturated carbocycles. The van der Waals surface area contributed by atoms with Crippen LogP contribution in [0.3, 0.4) is 0 Å². The van der Waals surface area contributed by atoms with E-state index in [4.69, 9.17) is 9.15 Å². The number of nitrogens with zero attached hydrogens (tertiary/aromatic N) is 4. The van der Waals surface area contributed by atoms with E-state index in [0.717, 1.165) is 36.4 Å². The second-order valence-corrected chi connectivity index (χ2v) is 7.37. The first-order valence-corrected chi connectivity index (χ1v) is 9.49. The molecular formula is C19H18N4O2S. The third-order valence-corrected chi connectivity index (χ3v) is 5.61. The number of hydrogen-bond acceptors (Lipinski definition) is 6. The molecule has 6 nitrogen and oxygen atoms in total. The monoisotopic (exact) mass is 366 g/mol. The lowest BCUT2D eigenvalue weighted by Gasteiger charge is -2.31. The SMILES string of the molecule is c1csc(-c2ccc3c([C@@H]4CN(Cc5ccoc5)CCO4)nnn3c2)c1. The number of morpholine rings is 1. The van der Waals surface area contributed by atoms with Gasteiger partial charge in [-0.15, -0.1) is 16.4 Å². The van der Waals surface area contributed by atoms with Crippen molar-refractivity contribution >= 4 is 16.9 Å². The molecule has 4 aromatic rings. The van der Waals surface area contributed by atoms with Gasteiger partial charge in [-0.2, -0.15) is 0 Å². The maximum absolute atomic E-state index is 6.00. The van der Waals surface area contributed by atoms with Crippen LogP contribution in [0.4, 0.5) is 0 Å². The molecular weight excluding hydrogens is 348 g/mol. The van der Waals surface area contributed by atoms with Crippen molar-refractivity contribution in [2.75, 3.05) is 19.7 Å². The van der Waals surface area contributed by atoms with Crippen LogP contribution in [0.25, 0.3) is 16.0 Å². The summed E-state index contributed by atoms with van der Waals surface area (Å²) in [5, 5.41) is 10.8. The first kappa shape index (κ1) is 15.7. The molecule has 0 aromatic carbocycles. The predicted octanol–water partition coefficient (Wildman–Crippen LogP) is 3.62. The van der Waals surface area contributed by atoms with Crippen molar-refractivity contribution in [3.63, 3.8) is 0 Å². The van der Waals surface area contributed by atoms with Gasteiger partial charge in [0.1, 0.15) is 11.8 Å². The highest BCUT2D eigenvalue weighted by Gasteiger charge is 2.26. The number of rotatable bonds is 4. The molecule has 0 N–H and O–H groups in total. The fourth-order valence-electron chi connectivity index (χ4n) is 3.38. The van der Waals surface area contributed by atoms with Gasteiger partial charge >= 0.3 is 0 Å². The Kier molecular flexibility index (Phi) is 4.05. The van der Waals surface area contributed by atoms with E-state index in [9.17, 15) is 0 Å². The Morgan fingerprint density at radius 1 is 1.23 bits per heavy atom. The zero-order valence-corrected chi connectivity index (χ0v) is 14.9. The highest BCUT2D eigenvalue weighted by molar-refractivity contribution is 7.13. The van der Waals surface area contributed by atoms with Crippen molar-refractivity contribution in [2.24, 2.45) is 0 Å². The largest absolute Gasteiger partial charge is 0.472 e. The standard InChI is InChI=1S/C19H18N4O2S/c1-2-18(26-9-1)15-3-4-16-19(20-21-23(16)11-15)17-12-22(6-8-25-17)10-14-5-7-24-13-14/h1-5,7,9,11,13,17H,6,8,10,12H2/t17-/m0/s1. The number of aromatic nitrogens is 3. The van der Waals surface area contributed by atoms with E-state index in [1.807, 2.05) is 16.8 Å². The molecule has 7 heteroatoms. The van der Waals surface area contributed by atoms with Crippen molar-refractivity contribution < 1.29 is 9.15 Å². The van der Waals surface area contributed by atoms with E-state index in [-0.39, 0.29) is 6.10 Å². The van der Waals surface area contributed by atoms with Crippen LogP contribution in [0.15, 0.2) is 58.9 Å². The molecule has 1 saturated heterocycles. The molecule has 0 unspecified atom stereocenters. The smallest absolute Gasteiger partial charge is 0.121 e. The van der Waals surface area contributed by atoms with Gasteiger partial charge in [-0.05, 0) is 29.6 Å². The van der Waals surface area contributed by atoms with E-state index in [1.54, 1.807) is 23.9 Å². The summed E-state index contributed by atoms with van der Waals surface area (Å²) in [6.07, 6.45) is 5.47. The van der Waals surface area contributed by atoms with E-state index < -0.39 is 0 Å². The number of hydrogen-bond donors (Lipinski definition) is 0. The quantitative estimate of drug-likeness (QED) is 0.552. The Morgan fingerprint density at radius 2 is 2.23 bits per heavy atom. The molecule has 0 spiro atoms. The van der Waals surface area contributed by atoms with Gasteiger partial charge in [-0.3, -0.25) is 4.90 Å². The van der Waals surface area contributed by atoms with Gasteiger partial charge in [0.05, 0.1) is 24.6 Å². The molecule has 1 fully saturated rings. The third-order valence-electron chi connectivity index (χ3n) is 4.69. The van der Waals surface area contributed by atoms with Crippen molar-refractivity contribution in [1.29, 1.82) is 0 Å². The van der Waals surface area contributed by atoms with E-state index in [0.29, 0.717) is 6.61 Å². The molecule has 132 valence electrons. The Balaban J connectivity index is 1.39. The molecule has 1 aliphatic rings. The van der Waals surface area contributed by atoms with Crippen LogP contribution < -0.4 is 0 Å². The molecule has 0 bridgehead atoms. The minimum Gasteiger partial charge on any atom is -0.472 e. The average Bonchev–Trinajstić information content (AvgIpc) is 3.43. The minimum absolute atomic E-state index is 0.0688. The highest BCUT2D eigenvalue weighted by atomic mass is 32.1. The van der Waals surface area contributed by atoms with Gasteiger partial charge in [0, 0.05) is 41.8 Å². The fourth-order valence-corrected chi connectivity index (χ4v) is 4.10. The van der Waals surface area contributed by atoms with Gasteiger partial charge in [-0.1, -0.05) is 11.3 Å². The lowest BCUT2D eigenvalue weighted by atomic mass is 10.1. The van der Waals surface area contributed by atoms with Gasteiger partial charge in [-0.25, -0.2) is 4.52 Å². The average molecular weight is 366 g/mol. The first-order valence-electron chi connectivity index (χ1n) is 8.61. The molecule has 5 heterocycles. The lowest BCUT2D eigenvalue weighted by Crippen LogP contribution is -2.37. The predicted molar refractivity (Wildman–Crippen MR) is 99.0 cm³/mol. The summed E-state index contributed by atoms with van der Waals surface area (Å²) >= 11 is 1.72. The van der Waals surface area contributed by atoms with Crippen LogP contribution in [0.5, 0.6) is 0 Å². The second-order valence-electron chi connectivity index (χ2n) is 6.43. The van der Waals surface area contributed by atoms with Crippen LogP contribution >= 0.6 is 11.3 Å². The van der Waals surface area contributed by atoms with E-state index in [2.05, 4.69) is 44.9 Å². The van der Waals surface area contributed by atoms with Gasteiger partial charge in [0.2, 0.25) is 0 Å². The Labute approximate surface area is 154 Å². The molecule has 5 rings (SSSR count). The third kappa shape index (κ3) is 2.94. The summed E-state index contributed by atoms with van der Waals surface area (Å²) in [5.74, 6) is 0. The molecule has 0 amide bonds. The summed E-state index contributed by atoms with van der Waals surface area (Å²) < 4.78 is 13.0. The molecule has 0 aliphatic carbocycles. The summed E-state index contributed by atoms with van der Waals surface area (Å²) in [5.41, 5.74) is 4.23. The first-order chi connectivity index (χ1) is 12.9. The number of ether oxygens (including phenoxy) is 1. The van der Waals surface area contributed by atoms with Gasteiger partial charge in [0.15, 0.2) is 0 Å². The number of pyridine rings is 1. The zero-order chi connectivity index (χ0) is 17.3. The van der Waals surface area contributed by atoms with Crippen molar-refractivity contribution in [3.8, 4) is 10.4 Å².